The third-order valence-electron chi connectivity index (χ3n) is 7.51. The summed E-state index contributed by atoms with van der Waals surface area (Å²) in [6, 6.07) is 24.5. The fourth-order valence-corrected chi connectivity index (χ4v) is 6.58. The van der Waals surface area contributed by atoms with Crippen LogP contribution < -0.4 is 4.90 Å². The average Bonchev–Trinajstić information content (AvgIpc) is 3.56. The van der Waals surface area contributed by atoms with E-state index in [1.807, 2.05) is 37.3 Å². The molecule has 11 heteroatoms. The van der Waals surface area contributed by atoms with Crippen LogP contribution in [0.1, 0.15) is 27.9 Å². The highest BCUT2D eigenvalue weighted by molar-refractivity contribution is 7.21. The fraction of sp³-hybridized carbons (Fsp3) is 0.152. The van der Waals surface area contributed by atoms with E-state index >= 15 is 0 Å². The van der Waals surface area contributed by atoms with E-state index in [2.05, 4.69) is 6.07 Å². The predicted molar refractivity (Wildman–Crippen MR) is 170 cm³/mol. The zero-order chi connectivity index (χ0) is 31.0. The van der Waals surface area contributed by atoms with Gasteiger partial charge in [-0.2, -0.15) is 0 Å². The van der Waals surface area contributed by atoms with E-state index in [4.69, 9.17) is 16.6 Å². The van der Waals surface area contributed by atoms with Crippen LogP contribution in [0, 0.1) is 17.0 Å². The maximum atomic E-state index is 13.8. The Kier molecular flexibility index (Phi) is 7.94. The van der Waals surface area contributed by atoms with Gasteiger partial charge in [-0.3, -0.25) is 24.5 Å². The molecule has 1 fully saturated rings. The van der Waals surface area contributed by atoms with Gasteiger partial charge in [-0.15, -0.1) is 11.3 Å². The molecule has 3 amide bonds. The standard InChI is InChI=1S/C33H25ClN4O5S/c1-20-8-13-27-29(16-20)44-31(35-27)22-9-11-25(12-10-22)37-30(39)19-28(33(37)41)36(15-14-21-4-2-6-24(34)17-21)32(40)23-5-3-7-26(18-23)38(42)43/h2-13,16-18,28H,14-15,19H2,1H3. The molecule has 0 bridgehead atoms. The van der Waals surface area contributed by atoms with Crippen LogP contribution in [0.15, 0.2) is 91.0 Å². The smallest absolute Gasteiger partial charge is 0.270 e. The second kappa shape index (κ2) is 12.0. The minimum absolute atomic E-state index is 0.0550. The number of fused-ring (bicyclic) bond motifs is 1. The topological polar surface area (TPSA) is 114 Å². The summed E-state index contributed by atoms with van der Waals surface area (Å²) < 4.78 is 1.07. The first kappa shape index (κ1) is 29.2. The summed E-state index contributed by atoms with van der Waals surface area (Å²) in [5.41, 5.74) is 3.94. The van der Waals surface area contributed by atoms with Crippen LogP contribution in [0.5, 0.6) is 0 Å². The lowest BCUT2D eigenvalue weighted by atomic mass is 10.1. The summed E-state index contributed by atoms with van der Waals surface area (Å²) in [6.45, 7) is 2.12. The molecule has 0 spiro atoms. The van der Waals surface area contributed by atoms with Crippen LogP contribution >= 0.6 is 22.9 Å². The molecule has 0 aliphatic carbocycles. The molecule has 6 rings (SSSR count). The van der Waals surface area contributed by atoms with Crippen LogP contribution in [-0.4, -0.2) is 45.1 Å². The molecule has 1 aliphatic heterocycles. The minimum atomic E-state index is -1.08. The van der Waals surface area contributed by atoms with Gasteiger partial charge in [-0.05, 0) is 79.1 Å². The molecule has 1 unspecified atom stereocenters. The number of aromatic nitrogens is 1. The molecule has 9 nitrogen and oxygen atoms in total. The lowest BCUT2D eigenvalue weighted by Gasteiger charge is -2.28. The number of non-ortho nitro benzene ring substituents is 1. The number of carbonyl (C=O) groups excluding carboxylic acids is 3. The van der Waals surface area contributed by atoms with Crippen molar-refractivity contribution < 1.29 is 19.3 Å². The molecule has 0 saturated carbocycles. The van der Waals surface area contributed by atoms with Gasteiger partial charge < -0.3 is 4.90 Å². The maximum Gasteiger partial charge on any atom is 0.270 e. The van der Waals surface area contributed by atoms with Crippen LogP contribution in [0.4, 0.5) is 11.4 Å². The largest absolute Gasteiger partial charge is 0.326 e. The monoisotopic (exact) mass is 624 g/mol. The van der Waals surface area contributed by atoms with Crippen LogP contribution in [-0.2, 0) is 16.0 Å². The van der Waals surface area contributed by atoms with Crippen molar-refractivity contribution in [3.05, 3.63) is 123 Å². The molecule has 1 aliphatic rings. The SMILES string of the molecule is Cc1ccc2nc(-c3ccc(N4C(=O)CC(N(CCc5cccc(Cl)c5)C(=O)c5cccc([N+](=O)[O-])c5)C4=O)cc3)sc2c1. The first-order valence-electron chi connectivity index (χ1n) is 13.8. The number of benzene rings is 4. The fourth-order valence-electron chi connectivity index (χ4n) is 5.30. The van der Waals surface area contributed by atoms with Crippen LogP contribution in [0.2, 0.25) is 5.02 Å². The third kappa shape index (κ3) is 5.82. The minimum Gasteiger partial charge on any atom is -0.326 e. The molecule has 2 heterocycles. The summed E-state index contributed by atoms with van der Waals surface area (Å²) >= 11 is 7.71. The molecule has 0 N–H and O–H groups in total. The summed E-state index contributed by atoms with van der Waals surface area (Å²) in [5, 5.41) is 12.7. The molecular formula is C33H25ClN4O5S. The Balaban J connectivity index is 1.28. The van der Waals surface area contributed by atoms with Crippen LogP contribution in [0.3, 0.4) is 0 Å². The Morgan fingerprint density at radius 2 is 1.82 bits per heavy atom. The summed E-state index contributed by atoms with van der Waals surface area (Å²) in [7, 11) is 0. The highest BCUT2D eigenvalue weighted by Crippen LogP contribution is 2.33. The van der Waals surface area contributed by atoms with Gasteiger partial charge in [0.05, 0.1) is 27.2 Å². The Morgan fingerprint density at radius 1 is 1.05 bits per heavy atom. The number of imide groups is 1. The second-order valence-corrected chi connectivity index (χ2v) is 12.0. The molecule has 0 radical (unpaired) electrons. The molecule has 5 aromatic rings. The highest BCUT2D eigenvalue weighted by atomic mass is 35.5. The zero-order valence-corrected chi connectivity index (χ0v) is 25.0. The number of nitrogens with zero attached hydrogens (tertiary/aromatic N) is 4. The van der Waals surface area contributed by atoms with Gasteiger partial charge in [0.25, 0.3) is 17.5 Å². The van der Waals surface area contributed by atoms with Gasteiger partial charge in [0.15, 0.2) is 0 Å². The Labute approximate surface area is 261 Å². The first-order chi connectivity index (χ1) is 21.2. The molecule has 1 saturated heterocycles. The molecular weight excluding hydrogens is 600 g/mol. The van der Waals surface area contributed by atoms with E-state index in [-0.39, 0.29) is 24.2 Å². The van der Waals surface area contributed by atoms with E-state index in [9.17, 15) is 24.5 Å². The van der Waals surface area contributed by atoms with Crippen molar-refractivity contribution in [3.8, 4) is 10.6 Å². The van der Waals surface area contributed by atoms with E-state index in [1.165, 1.54) is 29.2 Å². The number of thiazole rings is 1. The molecule has 1 aromatic heterocycles. The lowest BCUT2D eigenvalue weighted by molar-refractivity contribution is -0.384. The van der Waals surface area contributed by atoms with Gasteiger partial charge in [0.1, 0.15) is 11.0 Å². The van der Waals surface area contributed by atoms with Crippen molar-refractivity contribution in [2.75, 3.05) is 11.4 Å². The van der Waals surface area contributed by atoms with Crippen molar-refractivity contribution in [1.29, 1.82) is 0 Å². The number of halogens is 1. The van der Waals surface area contributed by atoms with E-state index in [0.717, 1.165) is 36.8 Å². The third-order valence-corrected chi connectivity index (χ3v) is 8.81. The van der Waals surface area contributed by atoms with Crippen molar-refractivity contribution in [3.63, 3.8) is 0 Å². The highest BCUT2D eigenvalue weighted by Gasteiger charge is 2.44. The van der Waals surface area contributed by atoms with Gasteiger partial charge in [0, 0.05) is 34.8 Å². The number of hydrogen-bond donors (Lipinski definition) is 0. The summed E-state index contributed by atoms with van der Waals surface area (Å²) in [4.78, 5) is 58.8. The molecule has 1 atom stereocenters. The van der Waals surface area contributed by atoms with E-state index < -0.39 is 28.7 Å². The Morgan fingerprint density at radius 3 is 2.57 bits per heavy atom. The van der Waals surface area contributed by atoms with E-state index in [1.54, 1.807) is 41.7 Å². The number of hydrogen-bond acceptors (Lipinski definition) is 7. The van der Waals surface area contributed by atoms with Crippen LogP contribution in [0.25, 0.3) is 20.8 Å². The normalized spacial score (nSPS) is 14.8. The maximum absolute atomic E-state index is 13.8. The Bertz CT molecular complexity index is 1940. The number of anilines is 1. The van der Waals surface area contributed by atoms with Gasteiger partial charge in [-0.25, -0.2) is 9.88 Å². The number of carbonyl (C=O) groups is 3. The quantitative estimate of drug-likeness (QED) is 0.106. The van der Waals surface area contributed by atoms with Crippen molar-refractivity contribution in [2.45, 2.75) is 25.8 Å². The van der Waals surface area contributed by atoms with Gasteiger partial charge >= 0.3 is 0 Å². The van der Waals surface area contributed by atoms with E-state index in [0.29, 0.717) is 17.1 Å². The summed E-state index contributed by atoms with van der Waals surface area (Å²) in [5.74, 6) is -1.56. The van der Waals surface area contributed by atoms with Gasteiger partial charge in [0.2, 0.25) is 5.91 Å². The van der Waals surface area contributed by atoms with Crippen molar-refractivity contribution in [1.82, 2.24) is 9.88 Å². The molecule has 44 heavy (non-hydrogen) atoms. The number of rotatable bonds is 8. The zero-order valence-electron chi connectivity index (χ0n) is 23.5. The number of nitro groups is 1. The summed E-state index contributed by atoms with van der Waals surface area (Å²) in [6.07, 6.45) is 0.142. The lowest BCUT2D eigenvalue weighted by Crippen LogP contribution is -2.46. The number of aryl methyl sites for hydroxylation is 1. The van der Waals surface area contributed by atoms with Crippen molar-refractivity contribution >= 4 is 62.3 Å². The number of nitro benzene ring substituents is 1. The predicted octanol–water partition coefficient (Wildman–Crippen LogP) is 6.85. The molecule has 4 aromatic carbocycles. The first-order valence-corrected chi connectivity index (χ1v) is 15.0. The Hall–Kier alpha value is -4.93. The number of amides is 3. The van der Waals surface area contributed by atoms with Crippen molar-refractivity contribution in [2.24, 2.45) is 0 Å². The molecule has 220 valence electrons. The second-order valence-electron chi connectivity index (χ2n) is 10.5. The van der Waals surface area contributed by atoms with Gasteiger partial charge in [-0.1, -0.05) is 35.9 Å². The average molecular weight is 625 g/mol.